The van der Waals surface area contributed by atoms with Gasteiger partial charge in [-0.05, 0) is 43.3 Å². The van der Waals surface area contributed by atoms with Gasteiger partial charge in [-0.2, -0.15) is 0 Å². The minimum Gasteiger partial charge on any atom is -0.378 e. The van der Waals surface area contributed by atoms with E-state index in [1.165, 1.54) is 21.0 Å². The van der Waals surface area contributed by atoms with Gasteiger partial charge < -0.3 is 4.90 Å². The summed E-state index contributed by atoms with van der Waals surface area (Å²) in [7, 11) is 4.12. The molecule has 0 saturated heterocycles. The third-order valence-electron chi connectivity index (χ3n) is 2.61. The van der Waals surface area contributed by atoms with Crippen LogP contribution < -0.4 is 4.90 Å². The molecule has 0 fully saturated rings. The zero-order valence-corrected chi connectivity index (χ0v) is 11.3. The monoisotopic (exact) mass is 243 g/mol. The van der Waals surface area contributed by atoms with E-state index in [2.05, 4.69) is 74.4 Å². The smallest absolute Gasteiger partial charge is 0.0361 e. The molecule has 0 radical (unpaired) electrons. The highest BCUT2D eigenvalue weighted by atomic mass is 32.2. The van der Waals surface area contributed by atoms with Crippen LogP contribution >= 0.6 is 11.8 Å². The number of rotatable bonds is 3. The molecule has 0 atom stereocenters. The van der Waals surface area contributed by atoms with Gasteiger partial charge in [0.05, 0.1) is 0 Å². The molecule has 0 heterocycles. The Labute approximate surface area is 107 Å². The second-order valence-electron chi connectivity index (χ2n) is 4.30. The van der Waals surface area contributed by atoms with Crippen LogP contribution in [0.25, 0.3) is 0 Å². The van der Waals surface area contributed by atoms with Gasteiger partial charge in [0.25, 0.3) is 0 Å². The molecule has 88 valence electrons. The van der Waals surface area contributed by atoms with Crippen LogP contribution in [0.3, 0.4) is 0 Å². The van der Waals surface area contributed by atoms with Gasteiger partial charge in [0.2, 0.25) is 0 Å². The van der Waals surface area contributed by atoms with E-state index in [4.69, 9.17) is 0 Å². The van der Waals surface area contributed by atoms with Crippen molar-refractivity contribution in [1.29, 1.82) is 0 Å². The van der Waals surface area contributed by atoms with Crippen LogP contribution in [0, 0.1) is 6.92 Å². The van der Waals surface area contributed by atoms with Crippen LogP contribution in [-0.2, 0) is 0 Å². The van der Waals surface area contributed by atoms with Crippen LogP contribution in [-0.4, -0.2) is 14.1 Å². The minimum atomic E-state index is 1.23. The average Bonchev–Trinajstić information content (AvgIpc) is 2.33. The van der Waals surface area contributed by atoms with E-state index in [-0.39, 0.29) is 0 Å². The molecular formula is C15H17NS. The lowest BCUT2D eigenvalue weighted by Gasteiger charge is -2.12. The number of anilines is 1. The Morgan fingerprint density at radius 2 is 1.24 bits per heavy atom. The summed E-state index contributed by atoms with van der Waals surface area (Å²) in [6.45, 7) is 2.11. The lowest BCUT2D eigenvalue weighted by atomic mass is 10.2. The molecular weight excluding hydrogens is 226 g/mol. The van der Waals surface area contributed by atoms with Gasteiger partial charge in [0, 0.05) is 29.6 Å². The van der Waals surface area contributed by atoms with E-state index in [0.717, 1.165) is 0 Å². The van der Waals surface area contributed by atoms with Crippen molar-refractivity contribution in [3.63, 3.8) is 0 Å². The summed E-state index contributed by atoms with van der Waals surface area (Å²) >= 11 is 1.80. The minimum absolute atomic E-state index is 1.23. The van der Waals surface area contributed by atoms with Crippen molar-refractivity contribution in [3.8, 4) is 0 Å². The lowest BCUT2D eigenvalue weighted by molar-refractivity contribution is 1.13. The molecule has 0 amide bonds. The van der Waals surface area contributed by atoms with Crippen molar-refractivity contribution in [1.82, 2.24) is 0 Å². The van der Waals surface area contributed by atoms with Crippen LogP contribution in [0.1, 0.15) is 5.56 Å². The van der Waals surface area contributed by atoms with E-state index in [0.29, 0.717) is 0 Å². The molecule has 0 aliphatic carbocycles. The highest BCUT2D eigenvalue weighted by Gasteiger charge is 1.98. The summed E-state index contributed by atoms with van der Waals surface area (Å²) in [5.74, 6) is 0. The number of benzene rings is 2. The fourth-order valence-electron chi connectivity index (χ4n) is 1.55. The SMILES string of the molecule is Cc1ccc(Sc2ccc(N(C)C)cc2)cc1. The first-order valence-corrected chi connectivity index (χ1v) is 6.49. The van der Waals surface area contributed by atoms with Crippen molar-refractivity contribution >= 4 is 17.4 Å². The van der Waals surface area contributed by atoms with Crippen LogP contribution in [0.4, 0.5) is 5.69 Å². The fourth-order valence-corrected chi connectivity index (χ4v) is 2.37. The van der Waals surface area contributed by atoms with Gasteiger partial charge in [-0.1, -0.05) is 29.5 Å². The Morgan fingerprint density at radius 3 is 1.71 bits per heavy atom. The summed E-state index contributed by atoms with van der Waals surface area (Å²) in [4.78, 5) is 4.67. The molecule has 0 aliphatic rings. The zero-order valence-electron chi connectivity index (χ0n) is 10.5. The predicted octanol–water partition coefficient (Wildman–Crippen LogP) is 4.21. The number of hydrogen-bond donors (Lipinski definition) is 0. The summed E-state index contributed by atoms with van der Waals surface area (Å²) in [6.07, 6.45) is 0. The highest BCUT2D eigenvalue weighted by molar-refractivity contribution is 7.99. The summed E-state index contributed by atoms with van der Waals surface area (Å²) in [6, 6.07) is 17.3. The molecule has 17 heavy (non-hydrogen) atoms. The van der Waals surface area contributed by atoms with E-state index < -0.39 is 0 Å². The molecule has 0 saturated carbocycles. The lowest BCUT2D eigenvalue weighted by Crippen LogP contribution is -2.07. The Bertz CT molecular complexity index is 471. The third kappa shape index (κ3) is 3.27. The normalized spacial score (nSPS) is 10.3. The summed E-state index contributed by atoms with van der Waals surface area (Å²) in [5.41, 5.74) is 2.54. The highest BCUT2D eigenvalue weighted by Crippen LogP contribution is 2.28. The van der Waals surface area contributed by atoms with Gasteiger partial charge in [-0.15, -0.1) is 0 Å². The predicted molar refractivity (Wildman–Crippen MR) is 76.1 cm³/mol. The Hall–Kier alpha value is -1.41. The van der Waals surface area contributed by atoms with Crippen LogP contribution in [0.2, 0.25) is 0 Å². The van der Waals surface area contributed by atoms with E-state index in [1.807, 2.05) is 0 Å². The van der Waals surface area contributed by atoms with Crippen molar-refractivity contribution in [3.05, 3.63) is 54.1 Å². The Kier molecular flexibility index (Phi) is 3.75. The van der Waals surface area contributed by atoms with Gasteiger partial charge in [-0.3, -0.25) is 0 Å². The quantitative estimate of drug-likeness (QED) is 0.794. The molecule has 1 nitrogen and oxygen atoms in total. The first kappa shape index (κ1) is 12.1. The van der Waals surface area contributed by atoms with E-state index in [1.54, 1.807) is 11.8 Å². The number of nitrogens with zero attached hydrogens (tertiary/aromatic N) is 1. The number of aryl methyl sites for hydroxylation is 1. The molecule has 0 unspecified atom stereocenters. The van der Waals surface area contributed by atoms with Crippen molar-refractivity contribution in [2.24, 2.45) is 0 Å². The van der Waals surface area contributed by atoms with E-state index >= 15 is 0 Å². The van der Waals surface area contributed by atoms with Crippen molar-refractivity contribution in [2.75, 3.05) is 19.0 Å². The molecule has 0 aromatic heterocycles. The van der Waals surface area contributed by atoms with Gasteiger partial charge in [-0.25, -0.2) is 0 Å². The summed E-state index contributed by atoms with van der Waals surface area (Å²) in [5, 5.41) is 0. The molecule has 2 heteroatoms. The molecule has 2 rings (SSSR count). The standard InChI is InChI=1S/C15H17NS/c1-12-4-8-14(9-5-12)17-15-10-6-13(7-11-15)16(2)3/h4-11H,1-3H3. The average molecular weight is 243 g/mol. The van der Waals surface area contributed by atoms with Crippen LogP contribution in [0.15, 0.2) is 58.3 Å². The topological polar surface area (TPSA) is 3.24 Å². The molecule has 0 bridgehead atoms. The van der Waals surface area contributed by atoms with Crippen LogP contribution in [0.5, 0.6) is 0 Å². The number of hydrogen-bond acceptors (Lipinski definition) is 2. The van der Waals surface area contributed by atoms with Crippen molar-refractivity contribution in [2.45, 2.75) is 16.7 Å². The zero-order chi connectivity index (χ0) is 12.3. The summed E-state index contributed by atoms with van der Waals surface area (Å²) < 4.78 is 0. The molecule has 0 N–H and O–H groups in total. The molecule has 2 aromatic rings. The van der Waals surface area contributed by atoms with Gasteiger partial charge in [0.1, 0.15) is 0 Å². The maximum Gasteiger partial charge on any atom is 0.0361 e. The van der Waals surface area contributed by atoms with Gasteiger partial charge in [0.15, 0.2) is 0 Å². The largest absolute Gasteiger partial charge is 0.378 e. The van der Waals surface area contributed by atoms with Gasteiger partial charge >= 0.3 is 0 Å². The van der Waals surface area contributed by atoms with Crippen molar-refractivity contribution < 1.29 is 0 Å². The third-order valence-corrected chi connectivity index (χ3v) is 3.63. The first-order valence-electron chi connectivity index (χ1n) is 5.67. The molecule has 2 aromatic carbocycles. The maximum absolute atomic E-state index is 2.17. The van der Waals surface area contributed by atoms with E-state index in [9.17, 15) is 0 Å². The maximum atomic E-state index is 2.17. The second-order valence-corrected chi connectivity index (χ2v) is 5.45. The molecule has 0 spiro atoms. The first-order chi connectivity index (χ1) is 8.15. The Morgan fingerprint density at radius 1 is 0.765 bits per heavy atom. The molecule has 0 aliphatic heterocycles. The fraction of sp³-hybridized carbons (Fsp3) is 0.200. The Balaban J connectivity index is 2.11. The second kappa shape index (κ2) is 5.28.